The molecule has 0 aliphatic heterocycles. The summed E-state index contributed by atoms with van der Waals surface area (Å²) in [6, 6.07) is 10.9. The first-order valence-corrected chi connectivity index (χ1v) is 14.0. The number of hydrogen-bond acceptors (Lipinski definition) is 4. The molecular formula is C31H44ClN3O4. The molecule has 0 spiro atoms. The highest BCUT2D eigenvalue weighted by Crippen LogP contribution is 2.31. The predicted octanol–water partition coefficient (Wildman–Crippen LogP) is 7.07. The molecule has 39 heavy (non-hydrogen) atoms. The van der Waals surface area contributed by atoms with Crippen LogP contribution in [0.15, 0.2) is 42.5 Å². The van der Waals surface area contributed by atoms with E-state index in [1.165, 1.54) is 0 Å². The lowest BCUT2D eigenvalue weighted by Gasteiger charge is -2.39. The monoisotopic (exact) mass is 557 g/mol. The van der Waals surface area contributed by atoms with Crippen LogP contribution in [0.1, 0.15) is 84.5 Å². The van der Waals surface area contributed by atoms with Crippen LogP contribution in [0, 0.1) is 12.8 Å². The molecule has 0 saturated carbocycles. The van der Waals surface area contributed by atoms with Crippen molar-refractivity contribution in [3.05, 3.63) is 64.2 Å². The molecule has 0 aliphatic carbocycles. The summed E-state index contributed by atoms with van der Waals surface area (Å²) in [5.41, 5.74) is 2.38. The lowest BCUT2D eigenvalue weighted by molar-refractivity contribution is -0.144. The zero-order chi connectivity index (χ0) is 29.5. The Morgan fingerprint density at radius 3 is 2.10 bits per heavy atom. The van der Waals surface area contributed by atoms with Gasteiger partial charge in [0, 0.05) is 6.04 Å². The Hall–Kier alpha value is -3.06. The SMILES string of the molecule is CCc1ccc(C(C(=O)Nc2c(C)cccc2Cl)N(C(=O)C(NC(=O)OC(C)(C)C)C(C)C)C(C)CC)cc1. The number of carbonyl (C=O) groups is 3. The molecule has 2 aromatic carbocycles. The Bertz CT molecular complexity index is 1120. The number of amides is 3. The number of hydrogen-bond donors (Lipinski definition) is 2. The summed E-state index contributed by atoms with van der Waals surface area (Å²) in [5.74, 6) is -1.00. The smallest absolute Gasteiger partial charge is 0.408 e. The van der Waals surface area contributed by atoms with Gasteiger partial charge >= 0.3 is 6.09 Å². The van der Waals surface area contributed by atoms with Crippen LogP contribution in [0.25, 0.3) is 0 Å². The van der Waals surface area contributed by atoms with Crippen LogP contribution in [0.2, 0.25) is 5.02 Å². The van der Waals surface area contributed by atoms with Gasteiger partial charge in [0.15, 0.2) is 0 Å². The average molecular weight is 558 g/mol. The van der Waals surface area contributed by atoms with Crippen LogP contribution in [0.3, 0.4) is 0 Å². The quantitative estimate of drug-likeness (QED) is 0.327. The number of aryl methyl sites for hydroxylation is 2. The maximum absolute atomic E-state index is 14.3. The number of nitrogens with zero attached hydrogens (tertiary/aromatic N) is 1. The van der Waals surface area contributed by atoms with E-state index in [2.05, 4.69) is 17.6 Å². The van der Waals surface area contributed by atoms with E-state index in [9.17, 15) is 14.4 Å². The first kappa shape index (κ1) is 32.2. The molecule has 0 aromatic heterocycles. The lowest BCUT2D eigenvalue weighted by Crippen LogP contribution is -2.56. The van der Waals surface area contributed by atoms with E-state index in [1.54, 1.807) is 31.7 Å². The summed E-state index contributed by atoms with van der Waals surface area (Å²) < 4.78 is 5.44. The second-order valence-corrected chi connectivity index (χ2v) is 11.7. The van der Waals surface area contributed by atoms with Crippen LogP contribution < -0.4 is 10.6 Å². The van der Waals surface area contributed by atoms with Crippen molar-refractivity contribution in [3.8, 4) is 0 Å². The Morgan fingerprint density at radius 1 is 1.00 bits per heavy atom. The highest BCUT2D eigenvalue weighted by molar-refractivity contribution is 6.34. The van der Waals surface area contributed by atoms with Crippen molar-refractivity contribution in [3.63, 3.8) is 0 Å². The summed E-state index contributed by atoms with van der Waals surface area (Å²) >= 11 is 6.44. The molecule has 0 radical (unpaired) electrons. The van der Waals surface area contributed by atoms with Gasteiger partial charge in [0.2, 0.25) is 5.91 Å². The largest absolute Gasteiger partial charge is 0.444 e. The number of ether oxygens (including phenoxy) is 1. The van der Waals surface area contributed by atoms with Gasteiger partial charge < -0.3 is 20.3 Å². The summed E-state index contributed by atoms with van der Waals surface area (Å²) in [5, 5.41) is 6.16. The van der Waals surface area contributed by atoms with Gasteiger partial charge in [-0.1, -0.05) is 75.7 Å². The predicted molar refractivity (Wildman–Crippen MR) is 158 cm³/mol. The van der Waals surface area contributed by atoms with Crippen molar-refractivity contribution in [2.45, 2.75) is 98.9 Å². The normalized spacial score (nSPS) is 13.8. The van der Waals surface area contributed by atoms with Crippen LogP contribution in [-0.2, 0) is 20.7 Å². The molecule has 2 rings (SSSR count). The molecule has 2 aromatic rings. The maximum Gasteiger partial charge on any atom is 0.408 e. The van der Waals surface area contributed by atoms with Gasteiger partial charge in [-0.25, -0.2) is 4.79 Å². The number of nitrogens with one attached hydrogen (secondary N) is 2. The Kier molecular flexibility index (Phi) is 11.4. The topological polar surface area (TPSA) is 87.7 Å². The molecule has 0 heterocycles. The minimum Gasteiger partial charge on any atom is -0.444 e. The molecule has 7 nitrogen and oxygen atoms in total. The van der Waals surface area contributed by atoms with Crippen molar-refractivity contribution in [2.24, 2.45) is 5.92 Å². The number of para-hydroxylation sites is 1. The summed E-state index contributed by atoms with van der Waals surface area (Å²) in [7, 11) is 0. The van der Waals surface area contributed by atoms with Gasteiger partial charge in [-0.3, -0.25) is 9.59 Å². The first-order chi connectivity index (χ1) is 18.2. The average Bonchev–Trinajstić information content (AvgIpc) is 2.86. The standard InChI is InChI=1S/C31H44ClN3O4/c1-10-21(6)35(29(37)25(19(3)4)34-30(38)39-31(7,8)9)27(23-17-15-22(11-2)16-18-23)28(36)33-26-20(5)13-12-14-24(26)32/h12-19,21,25,27H,10-11H2,1-9H3,(H,33,36)(H,34,38). The zero-order valence-corrected chi connectivity index (χ0v) is 25.5. The van der Waals surface area contributed by atoms with Gasteiger partial charge in [0.1, 0.15) is 17.7 Å². The minimum atomic E-state index is -0.962. The van der Waals surface area contributed by atoms with Crippen molar-refractivity contribution in [1.29, 1.82) is 0 Å². The Balaban J connectivity index is 2.61. The third kappa shape index (κ3) is 8.72. The fraction of sp³-hybridized carbons (Fsp3) is 0.516. The van der Waals surface area contributed by atoms with Crippen molar-refractivity contribution in [1.82, 2.24) is 10.2 Å². The Labute approximate surface area is 238 Å². The van der Waals surface area contributed by atoms with Crippen molar-refractivity contribution < 1.29 is 19.1 Å². The highest BCUT2D eigenvalue weighted by Gasteiger charge is 2.39. The van der Waals surface area contributed by atoms with Crippen molar-refractivity contribution >= 4 is 35.2 Å². The van der Waals surface area contributed by atoms with Gasteiger partial charge in [-0.15, -0.1) is 0 Å². The van der Waals surface area contributed by atoms with Crippen LogP contribution in [-0.4, -0.2) is 40.5 Å². The molecule has 0 bridgehead atoms. The van der Waals surface area contributed by atoms with Crippen LogP contribution >= 0.6 is 11.6 Å². The molecule has 3 atom stereocenters. The molecule has 0 fully saturated rings. The van der Waals surface area contributed by atoms with E-state index in [0.717, 1.165) is 17.5 Å². The Morgan fingerprint density at radius 2 is 1.62 bits per heavy atom. The number of alkyl carbamates (subject to hydrolysis) is 1. The molecule has 0 saturated heterocycles. The zero-order valence-electron chi connectivity index (χ0n) is 24.7. The second kappa shape index (κ2) is 13.8. The number of halogens is 1. The van der Waals surface area contributed by atoms with Gasteiger partial charge in [0.05, 0.1) is 10.7 Å². The van der Waals surface area contributed by atoms with Gasteiger partial charge in [0.25, 0.3) is 5.91 Å². The number of benzene rings is 2. The number of carbonyl (C=O) groups excluding carboxylic acids is 3. The fourth-order valence-electron chi connectivity index (χ4n) is 4.26. The molecular weight excluding hydrogens is 514 g/mol. The third-order valence-electron chi connectivity index (χ3n) is 6.63. The van der Waals surface area contributed by atoms with E-state index in [4.69, 9.17) is 16.3 Å². The van der Waals surface area contributed by atoms with E-state index < -0.39 is 23.8 Å². The van der Waals surface area contributed by atoms with Crippen molar-refractivity contribution in [2.75, 3.05) is 5.32 Å². The van der Waals surface area contributed by atoms with Gasteiger partial charge in [-0.2, -0.15) is 0 Å². The molecule has 0 aliphatic rings. The fourth-order valence-corrected chi connectivity index (χ4v) is 4.53. The first-order valence-electron chi connectivity index (χ1n) is 13.7. The summed E-state index contributed by atoms with van der Waals surface area (Å²) in [6.45, 7) is 16.8. The molecule has 214 valence electrons. The van der Waals surface area contributed by atoms with E-state index in [-0.39, 0.29) is 23.8 Å². The molecule has 2 N–H and O–H groups in total. The highest BCUT2D eigenvalue weighted by atomic mass is 35.5. The minimum absolute atomic E-state index is 0.256. The maximum atomic E-state index is 14.3. The number of rotatable bonds is 10. The second-order valence-electron chi connectivity index (χ2n) is 11.3. The molecule has 8 heteroatoms. The van der Waals surface area contributed by atoms with Crippen LogP contribution in [0.4, 0.5) is 10.5 Å². The molecule has 3 unspecified atom stereocenters. The lowest BCUT2D eigenvalue weighted by atomic mass is 9.95. The van der Waals surface area contributed by atoms with Crippen LogP contribution in [0.5, 0.6) is 0 Å². The third-order valence-corrected chi connectivity index (χ3v) is 6.94. The van der Waals surface area contributed by atoms with Gasteiger partial charge in [-0.05, 0) is 76.1 Å². The summed E-state index contributed by atoms with van der Waals surface area (Å²) in [4.78, 5) is 42.6. The summed E-state index contributed by atoms with van der Waals surface area (Å²) in [6.07, 6.45) is 0.767. The number of anilines is 1. The molecule has 3 amide bonds. The van der Waals surface area contributed by atoms with E-state index in [0.29, 0.717) is 22.7 Å². The van der Waals surface area contributed by atoms with E-state index >= 15 is 0 Å². The van der Waals surface area contributed by atoms with E-state index in [1.807, 2.05) is 71.0 Å².